The van der Waals surface area contributed by atoms with Crippen LogP contribution in [0.3, 0.4) is 0 Å². The Morgan fingerprint density at radius 1 is 0.323 bits per heavy atom. The minimum Gasteiger partial charge on any atom is -0.462 e. The van der Waals surface area contributed by atoms with Crippen LogP contribution in [0.2, 0.25) is 0 Å². The lowest BCUT2D eigenvalue weighted by atomic mass is 10.0. The Morgan fingerprint density at radius 3 is 0.968 bits per heavy atom. The maximum absolute atomic E-state index is 12.8. The number of carbonyl (C=O) groups is 3. The van der Waals surface area contributed by atoms with Gasteiger partial charge in [-0.2, -0.15) is 0 Å². The van der Waals surface area contributed by atoms with Crippen LogP contribution in [-0.4, -0.2) is 37.2 Å². The van der Waals surface area contributed by atoms with Gasteiger partial charge in [-0.3, -0.25) is 14.4 Å². The molecule has 0 aliphatic rings. The van der Waals surface area contributed by atoms with Crippen LogP contribution in [0.1, 0.15) is 258 Å². The lowest BCUT2D eigenvalue weighted by Gasteiger charge is -2.18. The van der Waals surface area contributed by atoms with Gasteiger partial charge in [-0.05, 0) is 64.2 Å². The van der Waals surface area contributed by atoms with Crippen molar-refractivity contribution < 1.29 is 28.6 Å². The zero-order chi connectivity index (χ0) is 45.1. The summed E-state index contributed by atoms with van der Waals surface area (Å²) < 4.78 is 16.8. The van der Waals surface area contributed by atoms with Gasteiger partial charge in [-0.15, -0.1) is 0 Å². The van der Waals surface area contributed by atoms with Gasteiger partial charge in [0.2, 0.25) is 0 Å². The minimum absolute atomic E-state index is 0.0917. The summed E-state index contributed by atoms with van der Waals surface area (Å²) in [4.78, 5) is 37.9. The van der Waals surface area contributed by atoms with Gasteiger partial charge >= 0.3 is 17.9 Å². The number of esters is 3. The van der Waals surface area contributed by atoms with Crippen LogP contribution in [0.15, 0.2) is 60.8 Å². The summed E-state index contributed by atoms with van der Waals surface area (Å²) in [5, 5.41) is 0. The SMILES string of the molecule is CCCC/C=C\C=C/CCCCCC(=O)OCC(COC(=O)CCCCCCC\C=C/C=C\C=C/CCCCCCC)OC(=O)CCCCCCCCCCCCCCCCC. The number of carbonyl (C=O) groups excluding carboxylic acids is 3. The highest BCUT2D eigenvalue weighted by molar-refractivity contribution is 5.71. The zero-order valence-electron chi connectivity index (χ0n) is 40.9. The maximum atomic E-state index is 12.8. The third kappa shape index (κ3) is 48.1. The van der Waals surface area contributed by atoms with E-state index in [1.165, 1.54) is 128 Å². The van der Waals surface area contributed by atoms with Crippen LogP contribution in [0.25, 0.3) is 0 Å². The molecule has 0 aliphatic heterocycles. The molecular formula is C56H98O6. The van der Waals surface area contributed by atoms with E-state index in [0.717, 1.165) is 89.9 Å². The fourth-order valence-electron chi connectivity index (χ4n) is 7.30. The number of rotatable bonds is 47. The van der Waals surface area contributed by atoms with Gasteiger partial charge < -0.3 is 14.2 Å². The molecule has 0 radical (unpaired) electrons. The van der Waals surface area contributed by atoms with Crippen molar-refractivity contribution in [3.05, 3.63) is 60.8 Å². The van der Waals surface area contributed by atoms with Crippen molar-refractivity contribution in [3.8, 4) is 0 Å². The molecule has 0 aromatic carbocycles. The molecular weight excluding hydrogens is 769 g/mol. The Kier molecular flexibility index (Phi) is 48.4. The fraction of sp³-hybridized carbons (Fsp3) is 0.768. The molecule has 0 aromatic rings. The smallest absolute Gasteiger partial charge is 0.306 e. The predicted molar refractivity (Wildman–Crippen MR) is 265 cm³/mol. The topological polar surface area (TPSA) is 78.9 Å². The summed E-state index contributed by atoms with van der Waals surface area (Å²) in [7, 11) is 0. The van der Waals surface area contributed by atoms with E-state index in [2.05, 4.69) is 81.5 Å². The Bertz CT molecular complexity index is 1130. The third-order valence-corrected chi connectivity index (χ3v) is 11.3. The molecule has 0 saturated carbocycles. The largest absolute Gasteiger partial charge is 0.462 e. The summed E-state index contributed by atoms with van der Waals surface area (Å²) in [5.74, 6) is -0.932. The van der Waals surface area contributed by atoms with E-state index in [-0.39, 0.29) is 31.1 Å². The summed E-state index contributed by atoms with van der Waals surface area (Å²) >= 11 is 0. The minimum atomic E-state index is -0.790. The molecule has 1 unspecified atom stereocenters. The van der Waals surface area contributed by atoms with Crippen LogP contribution >= 0.6 is 0 Å². The van der Waals surface area contributed by atoms with Crippen LogP contribution in [-0.2, 0) is 28.6 Å². The van der Waals surface area contributed by atoms with Crippen LogP contribution in [0.4, 0.5) is 0 Å². The normalized spacial score (nSPS) is 12.5. The van der Waals surface area contributed by atoms with Crippen molar-refractivity contribution in [3.63, 3.8) is 0 Å². The number of hydrogen-bond donors (Lipinski definition) is 0. The van der Waals surface area contributed by atoms with Crippen molar-refractivity contribution in [1.29, 1.82) is 0 Å². The molecule has 0 heterocycles. The highest BCUT2D eigenvalue weighted by Crippen LogP contribution is 2.15. The number of unbranched alkanes of at least 4 members (excludes halogenated alkanes) is 29. The van der Waals surface area contributed by atoms with Crippen LogP contribution in [0, 0.1) is 0 Å². The predicted octanol–water partition coefficient (Wildman–Crippen LogP) is 17.3. The van der Waals surface area contributed by atoms with Crippen molar-refractivity contribution in [2.75, 3.05) is 13.2 Å². The van der Waals surface area contributed by atoms with Crippen LogP contribution in [0.5, 0.6) is 0 Å². The molecule has 0 N–H and O–H groups in total. The van der Waals surface area contributed by atoms with E-state index in [1.807, 2.05) is 0 Å². The molecule has 0 bridgehead atoms. The van der Waals surface area contributed by atoms with Gasteiger partial charge in [0.25, 0.3) is 0 Å². The lowest BCUT2D eigenvalue weighted by molar-refractivity contribution is -0.167. The van der Waals surface area contributed by atoms with Crippen LogP contribution < -0.4 is 0 Å². The van der Waals surface area contributed by atoms with Gasteiger partial charge in [0, 0.05) is 19.3 Å². The quantitative estimate of drug-likeness (QED) is 0.0262. The zero-order valence-corrected chi connectivity index (χ0v) is 40.9. The Labute approximate surface area is 383 Å². The van der Waals surface area contributed by atoms with Gasteiger partial charge in [-0.1, -0.05) is 236 Å². The van der Waals surface area contributed by atoms with Gasteiger partial charge in [0.05, 0.1) is 0 Å². The summed E-state index contributed by atoms with van der Waals surface area (Å²) in [6.45, 7) is 6.54. The number of ether oxygens (including phenoxy) is 3. The van der Waals surface area contributed by atoms with Gasteiger partial charge in [0.1, 0.15) is 13.2 Å². The van der Waals surface area contributed by atoms with Crippen molar-refractivity contribution in [1.82, 2.24) is 0 Å². The third-order valence-electron chi connectivity index (χ3n) is 11.3. The van der Waals surface area contributed by atoms with Crippen molar-refractivity contribution in [2.45, 2.75) is 264 Å². The molecule has 0 amide bonds. The molecule has 6 heteroatoms. The van der Waals surface area contributed by atoms with Crippen molar-refractivity contribution in [2.24, 2.45) is 0 Å². The second-order valence-electron chi connectivity index (χ2n) is 17.5. The molecule has 358 valence electrons. The van der Waals surface area contributed by atoms with Gasteiger partial charge in [-0.25, -0.2) is 0 Å². The first-order valence-electron chi connectivity index (χ1n) is 26.3. The van der Waals surface area contributed by atoms with E-state index in [9.17, 15) is 14.4 Å². The molecule has 0 spiro atoms. The summed E-state index contributed by atoms with van der Waals surface area (Å²) in [5.41, 5.74) is 0. The average molecular weight is 867 g/mol. The molecule has 0 rings (SSSR count). The first-order valence-corrected chi connectivity index (χ1v) is 26.3. The second kappa shape index (κ2) is 50.8. The van der Waals surface area contributed by atoms with Gasteiger partial charge in [0.15, 0.2) is 6.10 Å². The first-order chi connectivity index (χ1) is 30.5. The molecule has 0 fully saturated rings. The average Bonchev–Trinajstić information content (AvgIpc) is 3.27. The molecule has 0 saturated heterocycles. The standard InChI is InChI=1S/C56H98O6/c1-4-7-10-13-16-19-22-24-26-27-28-30-31-34-37-40-43-46-49-55(58)61-52-53(51-60-54(57)48-45-42-39-36-33-21-18-15-12-9-6-3)62-56(59)50-47-44-41-38-35-32-29-25-23-20-17-14-11-8-5-2/h15,18,21-22,24,26-28,30,33,53H,4-14,16-17,19-20,23,25,29,31-32,34-52H2,1-3H3/b18-15-,24-22-,27-26-,30-28-,33-21-. The second-order valence-corrected chi connectivity index (χ2v) is 17.5. The molecule has 1 atom stereocenters. The molecule has 62 heavy (non-hydrogen) atoms. The monoisotopic (exact) mass is 867 g/mol. The summed E-state index contributed by atoms with van der Waals surface area (Å²) in [6, 6.07) is 0. The van der Waals surface area contributed by atoms with E-state index < -0.39 is 6.10 Å². The van der Waals surface area contributed by atoms with E-state index in [0.29, 0.717) is 19.3 Å². The van der Waals surface area contributed by atoms with Crippen molar-refractivity contribution >= 4 is 17.9 Å². The number of hydrogen-bond acceptors (Lipinski definition) is 6. The highest BCUT2D eigenvalue weighted by atomic mass is 16.6. The first kappa shape index (κ1) is 59.1. The maximum Gasteiger partial charge on any atom is 0.306 e. The molecule has 0 aliphatic carbocycles. The molecule has 0 aromatic heterocycles. The van der Waals surface area contributed by atoms with E-state index >= 15 is 0 Å². The Balaban J connectivity index is 4.41. The Morgan fingerprint density at radius 2 is 0.597 bits per heavy atom. The van der Waals surface area contributed by atoms with E-state index in [1.54, 1.807) is 0 Å². The Hall–Kier alpha value is -2.89. The number of allylic oxidation sites excluding steroid dienone is 10. The summed E-state index contributed by atoms with van der Waals surface area (Å²) in [6.07, 6.45) is 62.0. The lowest BCUT2D eigenvalue weighted by Crippen LogP contribution is -2.30. The molecule has 6 nitrogen and oxygen atoms in total. The highest BCUT2D eigenvalue weighted by Gasteiger charge is 2.19. The van der Waals surface area contributed by atoms with E-state index in [4.69, 9.17) is 14.2 Å². The fourth-order valence-corrected chi connectivity index (χ4v) is 7.30.